The third kappa shape index (κ3) is 5.62. The Morgan fingerprint density at radius 2 is 1.92 bits per heavy atom. The van der Waals surface area contributed by atoms with Gasteiger partial charge in [-0.3, -0.25) is 4.79 Å². The van der Waals surface area contributed by atoms with E-state index in [0.29, 0.717) is 5.78 Å². The molecule has 0 rings (SSSR count). The van der Waals surface area contributed by atoms with Gasteiger partial charge in [0.1, 0.15) is 5.78 Å². The summed E-state index contributed by atoms with van der Waals surface area (Å²) in [6, 6.07) is 0. The number of carbonyl (C=O) groups is 1. The number of hydrogen-bond acceptors (Lipinski definition) is 1. The van der Waals surface area contributed by atoms with Crippen molar-refractivity contribution in [3.8, 4) is 0 Å². The first-order valence-electron chi connectivity index (χ1n) is 5.24. The summed E-state index contributed by atoms with van der Waals surface area (Å²) < 4.78 is 0. The van der Waals surface area contributed by atoms with Crippen LogP contribution in [-0.2, 0) is 4.79 Å². The van der Waals surface area contributed by atoms with Crippen LogP contribution in [0.5, 0.6) is 0 Å². The summed E-state index contributed by atoms with van der Waals surface area (Å²) in [5, 5.41) is 0. The molecule has 0 aliphatic heterocycles. The minimum absolute atomic E-state index is 0.189. The van der Waals surface area contributed by atoms with Gasteiger partial charge in [0.2, 0.25) is 0 Å². The molecular formula is C12H22O. The van der Waals surface area contributed by atoms with Gasteiger partial charge in [0.15, 0.2) is 0 Å². The summed E-state index contributed by atoms with van der Waals surface area (Å²) >= 11 is 0. The Balaban J connectivity index is 3.55. The van der Waals surface area contributed by atoms with Gasteiger partial charge < -0.3 is 0 Å². The molecule has 1 heteroatoms. The average Bonchev–Trinajstić information content (AvgIpc) is 2.10. The Labute approximate surface area is 82.2 Å². The van der Waals surface area contributed by atoms with E-state index < -0.39 is 0 Å². The minimum Gasteiger partial charge on any atom is -0.299 e. The Kier molecular flexibility index (Phi) is 6.56. The summed E-state index contributed by atoms with van der Waals surface area (Å²) in [4.78, 5) is 11.5. The highest BCUT2D eigenvalue weighted by Crippen LogP contribution is 2.14. The second kappa shape index (κ2) is 6.88. The van der Waals surface area contributed by atoms with Gasteiger partial charge in [0, 0.05) is 11.8 Å². The Morgan fingerprint density at radius 1 is 1.31 bits per heavy atom. The largest absolute Gasteiger partial charge is 0.299 e. The predicted molar refractivity (Wildman–Crippen MR) is 57.7 cm³/mol. The molecule has 0 N–H and O–H groups in total. The summed E-state index contributed by atoms with van der Waals surface area (Å²) in [6.45, 7) is 9.66. The second-order valence-corrected chi connectivity index (χ2v) is 4.03. The van der Waals surface area contributed by atoms with E-state index in [0.717, 1.165) is 19.3 Å². The van der Waals surface area contributed by atoms with Crippen LogP contribution in [0, 0.1) is 11.8 Å². The normalized spacial score (nSPS) is 12.9. The third-order valence-electron chi connectivity index (χ3n) is 2.35. The summed E-state index contributed by atoms with van der Waals surface area (Å²) in [7, 11) is 0. The van der Waals surface area contributed by atoms with E-state index in [-0.39, 0.29) is 11.8 Å². The van der Waals surface area contributed by atoms with Crippen molar-refractivity contribution in [2.45, 2.75) is 46.5 Å². The van der Waals surface area contributed by atoms with Crippen molar-refractivity contribution >= 4 is 5.78 Å². The fourth-order valence-electron chi connectivity index (χ4n) is 1.45. The molecule has 0 saturated heterocycles. The maximum atomic E-state index is 11.5. The van der Waals surface area contributed by atoms with Crippen molar-refractivity contribution in [2.24, 2.45) is 11.8 Å². The van der Waals surface area contributed by atoms with Gasteiger partial charge in [-0.05, 0) is 19.3 Å². The van der Waals surface area contributed by atoms with E-state index in [1.165, 1.54) is 6.42 Å². The zero-order valence-electron chi connectivity index (χ0n) is 9.18. The smallest absolute Gasteiger partial charge is 0.138 e. The molecule has 0 spiro atoms. The van der Waals surface area contributed by atoms with Crippen molar-refractivity contribution in [3.63, 3.8) is 0 Å². The molecule has 0 heterocycles. The lowest BCUT2D eigenvalue weighted by Crippen LogP contribution is -2.16. The van der Waals surface area contributed by atoms with E-state index in [9.17, 15) is 4.79 Å². The molecule has 13 heavy (non-hydrogen) atoms. The summed E-state index contributed by atoms with van der Waals surface area (Å²) in [5.41, 5.74) is 0. The summed E-state index contributed by atoms with van der Waals surface area (Å²) in [6.07, 6.45) is 6.35. The first-order valence-corrected chi connectivity index (χ1v) is 5.24. The standard InChI is InChI=1S/C12H22O/c1-5-6-7-8-9-11(4)12(13)10(2)3/h5,10-11H,1,6-9H2,2-4H3. The SMILES string of the molecule is C=CCCCCC(C)C(=O)C(C)C. The van der Waals surface area contributed by atoms with Gasteiger partial charge in [-0.2, -0.15) is 0 Å². The van der Waals surface area contributed by atoms with Crippen molar-refractivity contribution in [2.75, 3.05) is 0 Å². The van der Waals surface area contributed by atoms with E-state index in [1.54, 1.807) is 0 Å². The van der Waals surface area contributed by atoms with Crippen LogP contribution in [0.1, 0.15) is 46.5 Å². The lowest BCUT2D eigenvalue weighted by Gasteiger charge is -2.12. The number of ketones is 1. The quantitative estimate of drug-likeness (QED) is 0.434. The molecule has 0 bridgehead atoms. The highest BCUT2D eigenvalue weighted by Gasteiger charge is 2.15. The van der Waals surface area contributed by atoms with Crippen molar-refractivity contribution in [1.29, 1.82) is 0 Å². The molecule has 1 unspecified atom stereocenters. The van der Waals surface area contributed by atoms with Crippen molar-refractivity contribution in [1.82, 2.24) is 0 Å². The van der Waals surface area contributed by atoms with Crippen LogP contribution in [0.25, 0.3) is 0 Å². The van der Waals surface area contributed by atoms with Gasteiger partial charge in [-0.25, -0.2) is 0 Å². The fourth-order valence-corrected chi connectivity index (χ4v) is 1.45. The zero-order chi connectivity index (χ0) is 10.3. The first-order chi connectivity index (χ1) is 6.09. The Hall–Kier alpha value is -0.590. The lowest BCUT2D eigenvalue weighted by atomic mass is 9.92. The Bertz CT molecular complexity index is 159. The molecule has 0 aromatic rings. The van der Waals surface area contributed by atoms with E-state index >= 15 is 0 Å². The minimum atomic E-state index is 0.189. The van der Waals surface area contributed by atoms with Crippen LogP contribution in [0.4, 0.5) is 0 Å². The van der Waals surface area contributed by atoms with E-state index in [1.807, 2.05) is 26.8 Å². The molecule has 0 aromatic carbocycles. The zero-order valence-corrected chi connectivity index (χ0v) is 9.18. The molecule has 1 nitrogen and oxygen atoms in total. The Morgan fingerprint density at radius 3 is 2.38 bits per heavy atom. The predicted octanol–water partition coefficient (Wildman–Crippen LogP) is 3.59. The van der Waals surface area contributed by atoms with Crippen molar-refractivity contribution < 1.29 is 4.79 Å². The lowest BCUT2D eigenvalue weighted by molar-refractivity contribution is -0.125. The van der Waals surface area contributed by atoms with Crippen LogP contribution < -0.4 is 0 Å². The number of carbonyl (C=O) groups excluding carboxylic acids is 1. The first kappa shape index (κ1) is 12.4. The van der Waals surface area contributed by atoms with Crippen LogP contribution in [0.2, 0.25) is 0 Å². The fraction of sp³-hybridized carbons (Fsp3) is 0.750. The number of rotatable bonds is 7. The summed E-state index contributed by atoms with van der Waals surface area (Å²) in [5.74, 6) is 0.831. The molecule has 0 saturated carbocycles. The highest BCUT2D eigenvalue weighted by molar-refractivity contribution is 5.82. The number of hydrogen-bond donors (Lipinski definition) is 0. The van der Waals surface area contributed by atoms with E-state index in [4.69, 9.17) is 0 Å². The third-order valence-corrected chi connectivity index (χ3v) is 2.35. The molecular weight excluding hydrogens is 160 g/mol. The van der Waals surface area contributed by atoms with Crippen LogP contribution in [0.15, 0.2) is 12.7 Å². The van der Waals surface area contributed by atoms with Gasteiger partial charge in [-0.15, -0.1) is 6.58 Å². The molecule has 1 atom stereocenters. The average molecular weight is 182 g/mol. The maximum absolute atomic E-state index is 11.5. The highest BCUT2D eigenvalue weighted by atomic mass is 16.1. The van der Waals surface area contributed by atoms with Crippen LogP contribution in [0.3, 0.4) is 0 Å². The van der Waals surface area contributed by atoms with Crippen molar-refractivity contribution in [3.05, 3.63) is 12.7 Å². The molecule has 0 aliphatic rings. The van der Waals surface area contributed by atoms with Gasteiger partial charge in [0.05, 0.1) is 0 Å². The van der Waals surface area contributed by atoms with Gasteiger partial charge >= 0.3 is 0 Å². The molecule has 0 amide bonds. The molecule has 0 fully saturated rings. The molecule has 0 aromatic heterocycles. The number of unbranched alkanes of at least 4 members (excludes halogenated alkanes) is 2. The number of Topliss-reactive ketones (excluding diaryl/α,β-unsaturated/α-hetero) is 1. The maximum Gasteiger partial charge on any atom is 0.138 e. The molecule has 0 aliphatic carbocycles. The molecule has 0 radical (unpaired) electrons. The van der Waals surface area contributed by atoms with Gasteiger partial charge in [0.25, 0.3) is 0 Å². The van der Waals surface area contributed by atoms with E-state index in [2.05, 4.69) is 6.58 Å². The second-order valence-electron chi connectivity index (χ2n) is 4.03. The molecule has 76 valence electrons. The van der Waals surface area contributed by atoms with Crippen LogP contribution >= 0.6 is 0 Å². The number of allylic oxidation sites excluding steroid dienone is 1. The van der Waals surface area contributed by atoms with Gasteiger partial charge in [-0.1, -0.05) is 33.3 Å². The monoisotopic (exact) mass is 182 g/mol. The topological polar surface area (TPSA) is 17.1 Å². The van der Waals surface area contributed by atoms with Crippen LogP contribution in [-0.4, -0.2) is 5.78 Å².